The van der Waals surface area contributed by atoms with Crippen molar-refractivity contribution in [2.75, 3.05) is 10.6 Å². The summed E-state index contributed by atoms with van der Waals surface area (Å²) in [6.45, 7) is 1.94. The minimum atomic E-state index is -0.517. The standard InChI is InChI=1S/C35H31ClN4O3S2/c1-2-30(34(43)40-35-28(21-37)27-16-6-7-17-31(27)45-35)44-26-15-9-14-25(20-26)38-33(42)29(19-22-10-8-13-24(36)18-22)39-32(41)23-11-4-3-5-12-23/h3-5,8-15,18-20,30H,2,6-7,16-17H2,1H3,(H,38,42)(H,39,41)(H,40,43)/b29-19-. The summed E-state index contributed by atoms with van der Waals surface area (Å²) >= 11 is 9.05. The number of hydrogen-bond donors (Lipinski definition) is 3. The quantitative estimate of drug-likeness (QED) is 0.118. The summed E-state index contributed by atoms with van der Waals surface area (Å²) in [7, 11) is 0. The first-order valence-electron chi connectivity index (χ1n) is 14.6. The summed E-state index contributed by atoms with van der Waals surface area (Å²) in [5.41, 5.74) is 3.28. The molecule has 0 aliphatic heterocycles. The molecule has 1 aromatic heterocycles. The van der Waals surface area contributed by atoms with E-state index < -0.39 is 17.1 Å². The smallest absolute Gasteiger partial charge is 0.272 e. The molecule has 7 nitrogen and oxygen atoms in total. The van der Waals surface area contributed by atoms with E-state index in [2.05, 4.69) is 22.0 Å². The van der Waals surface area contributed by atoms with Crippen molar-refractivity contribution in [2.45, 2.75) is 49.2 Å². The molecule has 0 radical (unpaired) electrons. The number of thiophene rings is 1. The lowest BCUT2D eigenvalue weighted by molar-refractivity contribution is -0.116. The van der Waals surface area contributed by atoms with E-state index in [1.165, 1.54) is 28.0 Å². The van der Waals surface area contributed by atoms with Crippen molar-refractivity contribution in [1.29, 1.82) is 5.26 Å². The topological polar surface area (TPSA) is 111 Å². The molecular formula is C35H31ClN4O3S2. The molecule has 1 heterocycles. The predicted octanol–water partition coefficient (Wildman–Crippen LogP) is 8.07. The van der Waals surface area contributed by atoms with Gasteiger partial charge in [0, 0.05) is 26.0 Å². The van der Waals surface area contributed by atoms with Crippen LogP contribution < -0.4 is 16.0 Å². The fourth-order valence-corrected chi connectivity index (χ4v) is 7.46. The average Bonchev–Trinajstić information content (AvgIpc) is 3.40. The molecule has 3 N–H and O–H groups in total. The van der Waals surface area contributed by atoms with E-state index in [4.69, 9.17) is 11.6 Å². The van der Waals surface area contributed by atoms with Gasteiger partial charge in [0.1, 0.15) is 16.8 Å². The van der Waals surface area contributed by atoms with Crippen molar-refractivity contribution in [3.05, 3.63) is 117 Å². The maximum absolute atomic E-state index is 13.5. The van der Waals surface area contributed by atoms with Crippen molar-refractivity contribution in [3.63, 3.8) is 0 Å². The van der Waals surface area contributed by atoms with E-state index in [1.54, 1.807) is 72.8 Å². The third-order valence-electron chi connectivity index (χ3n) is 7.24. The molecule has 3 amide bonds. The van der Waals surface area contributed by atoms with Gasteiger partial charge in [-0.1, -0.05) is 54.9 Å². The molecule has 0 fully saturated rings. The van der Waals surface area contributed by atoms with Gasteiger partial charge in [0.05, 0.1) is 10.8 Å². The number of fused-ring (bicyclic) bond motifs is 1. The Bertz CT molecular complexity index is 1800. The highest BCUT2D eigenvalue weighted by Gasteiger charge is 2.25. The number of aryl methyl sites for hydroxylation is 1. The summed E-state index contributed by atoms with van der Waals surface area (Å²) in [6, 6.07) is 25.1. The number of nitrogens with one attached hydrogen (secondary N) is 3. The number of amides is 3. The highest BCUT2D eigenvalue weighted by Crippen LogP contribution is 2.38. The van der Waals surface area contributed by atoms with Gasteiger partial charge in [-0.05, 0) is 91.8 Å². The predicted molar refractivity (Wildman–Crippen MR) is 183 cm³/mol. The third-order valence-corrected chi connectivity index (χ3v) is 10.0. The average molecular weight is 655 g/mol. The second-order valence-electron chi connectivity index (χ2n) is 10.4. The second kappa shape index (κ2) is 15.1. The molecule has 1 atom stereocenters. The lowest BCUT2D eigenvalue weighted by atomic mass is 9.96. The number of hydrogen-bond acceptors (Lipinski definition) is 6. The van der Waals surface area contributed by atoms with Gasteiger partial charge in [-0.25, -0.2) is 0 Å². The normalized spacial score (nSPS) is 13.2. The molecule has 4 aromatic rings. The van der Waals surface area contributed by atoms with E-state index in [0.717, 1.165) is 36.1 Å². The van der Waals surface area contributed by atoms with Crippen LogP contribution >= 0.6 is 34.7 Å². The molecule has 0 saturated heterocycles. The minimum Gasteiger partial charge on any atom is -0.321 e. The molecule has 1 aliphatic carbocycles. The van der Waals surface area contributed by atoms with E-state index in [-0.39, 0.29) is 11.6 Å². The van der Waals surface area contributed by atoms with Crippen molar-refractivity contribution >= 4 is 69.2 Å². The number of halogens is 1. The van der Waals surface area contributed by atoms with E-state index in [9.17, 15) is 19.6 Å². The molecule has 1 aliphatic rings. The molecular weight excluding hydrogens is 624 g/mol. The summed E-state index contributed by atoms with van der Waals surface area (Å²) in [5, 5.41) is 19.1. The highest BCUT2D eigenvalue weighted by molar-refractivity contribution is 8.00. The SMILES string of the molecule is CCC(Sc1cccc(NC(=O)/C(=C/c2cccc(Cl)c2)NC(=O)c2ccccc2)c1)C(=O)Nc1sc2c(c1C#N)CCCC2. The Morgan fingerprint density at radius 3 is 2.53 bits per heavy atom. The van der Waals surface area contributed by atoms with Crippen molar-refractivity contribution < 1.29 is 14.4 Å². The first-order valence-corrected chi connectivity index (χ1v) is 16.7. The Labute approximate surface area is 275 Å². The van der Waals surface area contributed by atoms with Gasteiger partial charge >= 0.3 is 0 Å². The van der Waals surface area contributed by atoms with Gasteiger partial charge in [-0.15, -0.1) is 23.1 Å². The largest absolute Gasteiger partial charge is 0.321 e. The van der Waals surface area contributed by atoms with Crippen LogP contribution in [0.5, 0.6) is 0 Å². The zero-order chi connectivity index (χ0) is 31.8. The van der Waals surface area contributed by atoms with Crippen LogP contribution in [0.25, 0.3) is 6.08 Å². The van der Waals surface area contributed by atoms with Crippen LogP contribution in [0.4, 0.5) is 10.7 Å². The number of nitriles is 1. The fraction of sp³-hybridized carbons (Fsp3) is 0.200. The van der Waals surface area contributed by atoms with Crippen LogP contribution in [-0.4, -0.2) is 23.0 Å². The van der Waals surface area contributed by atoms with Crippen LogP contribution in [0.3, 0.4) is 0 Å². The number of carbonyl (C=O) groups excluding carboxylic acids is 3. The van der Waals surface area contributed by atoms with Crippen LogP contribution in [0.15, 0.2) is 89.5 Å². The molecule has 5 rings (SSSR count). The molecule has 1 unspecified atom stereocenters. The maximum atomic E-state index is 13.5. The number of nitrogens with zero attached hydrogens (tertiary/aromatic N) is 1. The summed E-state index contributed by atoms with van der Waals surface area (Å²) in [5.74, 6) is -1.11. The lowest BCUT2D eigenvalue weighted by Crippen LogP contribution is -2.30. The van der Waals surface area contributed by atoms with Gasteiger partial charge < -0.3 is 16.0 Å². The number of thioether (sulfide) groups is 1. The Morgan fingerprint density at radius 2 is 1.78 bits per heavy atom. The zero-order valence-corrected chi connectivity index (χ0v) is 27.0. The van der Waals surface area contributed by atoms with E-state index in [1.807, 2.05) is 19.1 Å². The van der Waals surface area contributed by atoms with Gasteiger partial charge in [-0.2, -0.15) is 5.26 Å². The molecule has 0 bridgehead atoms. The lowest BCUT2D eigenvalue weighted by Gasteiger charge is -2.16. The Kier molecular flexibility index (Phi) is 10.7. The molecule has 10 heteroatoms. The summed E-state index contributed by atoms with van der Waals surface area (Å²) in [4.78, 5) is 41.8. The number of anilines is 2. The highest BCUT2D eigenvalue weighted by atomic mass is 35.5. The second-order valence-corrected chi connectivity index (χ2v) is 13.3. The van der Waals surface area contributed by atoms with Crippen LogP contribution in [0.1, 0.15) is 58.1 Å². The van der Waals surface area contributed by atoms with Gasteiger partial charge in [0.25, 0.3) is 11.8 Å². The molecule has 0 spiro atoms. The zero-order valence-electron chi connectivity index (χ0n) is 24.6. The fourth-order valence-electron chi connectivity index (χ4n) is 5.00. The van der Waals surface area contributed by atoms with Crippen LogP contribution in [0, 0.1) is 11.3 Å². The Balaban J connectivity index is 1.31. The molecule has 228 valence electrons. The number of carbonyl (C=O) groups is 3. The molecule has 45 heavy (non-hydrogen) atoms. The van der Waals surface area contributed by atoms with Crippen LogP contribution in [0.2, 0.25) is 5.02 Å². The monoisotopic (exact) mass is 654 g/mol. The van der Waals surface area contributed by atoms with Gasteiger partial charge in [-0.3, -0.25) is 14.4 Å². The van der Waals surface area contributed by atoms with Gasteiger partial charge in [0.2, 0.25) is 5.91 Å². The molecule has 3 aromatic carbocycles. The first kappa shape index (κ1) is 32.0. The number of rotatable bonds is 10. The minimum absolute atomic E-state index is 0.0435. The Hall–Kier alpha value is -4.36. The number of benzene rings is 3. The first-order chi connectivity index (χ1) is 21.8. The van der Waals surface area contributed by atoms with Crippen LogP contribution in [-0.2, 0) is 22.4 Å². The van der Waals surface area contributed by atoms with E-state index in [0.29, 0.717) is 38.8 Å². The Morgan fingerprint density at radius 1 is 1.00 bits per heavy atom. The molecule has 0 saturated carbocycles. The van der Waals surface area contributed by atoms with E-state index >= 15 is 0 Å². The summed E-state index contributed by atoms with van der Waals surface area (Å²) < 4.78 is 0. The van der Waals surface area contributed by atoms with Crippen molar-refractivity contribution in [1.82, 2.24) is 5.32 Å². The third kappa shape index (κ3) is 8.22. The maximum Gasteiger partial charge on any atom is 0.272 e. The van der Waals surface area contributed by atoms with Crippen molar-refractivity contribution in [2.24, 2.45) is 0 Å². The van der Waals surface area contributed by atoms with Gasteiger partial charge in [0.15, 0.2) is 0 Å². The summed E-state index contributed by atoms with van der Waals surface area (Å²) in [6.07, 6.45) is 6.11. The van der Waals surface area contributed by atoms with Crippen molar-refractivity contribution in [3.8, 4) is 6.07 Å².